The number of phenols is 1. The van der Waals surface area contributed by atoms with Crippen LogP contribution in [0.1, 0.15) is 0 Å². The molecule has 0 aliphatic rings. The molecule has 0 bridgehead atoms. The van der Waals surface area contributed by atoms with Crippen LogP contribution in [-0.4, -0.2) is 17.4 Å². The van der Waals surface area contributed by atoms with Gasteiger partial charge in [-0.2, -0.15) is 0 Å². The fraction of sp³-hybridized carbons (Fsp3) is 0.100. The zero-order valence-corrected chi connectivity index (χ0v) is 9.45. The third-order valence-electron chi connectivity index (χ3n) is 2.14. The molecule has 0 amide bonds. The molecule has 2 aromatic rings. The summed E-state index contributed by atoms with van der Waals surface area (Å²) in [5.74, 6) is -1.13. The molecule has 17 heavy (non-hydrogen) atoms. The van der Waals surface area contributed by atoms with Gasteiger partial charge in [-0.05, 0) is 0 Å². The van der Waals surface area contributed by atoms with Crippen molar-refractivity contribution in [2.75, 3.05) is 12.8 Å². The molecule has 1 aromatic heterocycles. The number of anilines is 1. The van der Waals surface area contributed by atoms with Crippen LogP contribution in [0.3, 0.4) is 0 Å². The van der Waals surface area contributed by atoms with E-state index < -0.39 is 5.82 Å². The van der Waals surface area contributed by atoms with Crippen molar-refractivity contribution in [3.63, 3.8) is 0 Å². The number of phenolic OH excluding ortho intramolecular Hbond substituents is 1. The molecule has 0 spiro atoms. The number of nitrogen functional groups attached to an aromatic ring is 1. The van der Waals surface area contributed by atoms with E-state index in [2.05, 4.69) is 9.68 Å². The molecular weight excluding hydrogens is 251 g/mol. The number of nitrogens with zero attached hydrogens (tertiary/aromatic N) is 1. The second kappa shape index (κ2) is 4.14. The van der Waals surface area contributed by atoms with Crippen molar-refractivity contribution in [3.8, 4) is 22.8 Å². The third-order valence-corrected chi connectivity index (χ3v) is 2.42. The summed E-state index contributed by atoms with van der Waals surface area (Å²) in [6.45, 7) is 0. The fourth-order valence-corrected chi connectivity index (χ4v) is 1.64. The van der Waals surface area contributed by atoms with Gasteiger partial charge in [0, 0.05) is 12.1 Å². The minimum atomic E-state index is -0.769. The van der Waals surface area contributed by atoms with Gasteiger partial charge in [0.15, 0.2) is 17.3 Å². The van der Waals surface area contributed by atoms with E-state index >= 15 is 0 Å². The minimum Gasteiger partial charge on any atom is -0.504 e. The van der Waals surface area contributed by atoms with Gasteiger partial charge >= 0.3 is 0 Å². The molecule has 90 valence electrons. The minimum absolute atomic E-state index is 0.0147. The highest BCUT2D eigenvalue weighted by Crippen LogP contribution is 2.42. The summed E-state index contributed by atoms with van der Waals surface area (Å²) in [7, 11) is 1.29. The number of nitrogens with two attached hydrogens (primary N) is 1. The molecule has 0 atom stereocenters. The quantitative estimate of drug-likeness (QED) is 0.865. The molecule has 0 saturated heterocycles. The summed E-state index contributed by atoms with van der Waals surface area (Å²) >= 11 is 5.62. The number of methoxy groups -OCH3 is 1. The van der Waals surface area contributed by atoms with Crippen LogP contribution in [-0.2, 0) is 0 Å². The SMILES string of the molecule is COc1c(O)cc(Cl)c(F)c1-c1cc(N)on1. The largest absolute Gasteiger partial charge is 0.504 e. The lowest BCUT2D eigenvalue weighted by Gasteiger charge is -2.10. The number of ether oxygens (including phenoxy) is 1. The highest BCUT2D eigenvalue weighted by molar-refractivity contribution is 6.31. The van der Waals surface area contributed by atoms with Crippen molar-refractivity contribution in [2.24, 2.45) is 0 Å². The molecule has 0 unspecified atom stereocenters. The molecule has 0 fully saturated rings. The van der Waals surface area contributed by atoms with Crippen LogP contribution in [0.5, 0.6) is 11.5 Å². The van der Waals surface area contributed by atoms with Crippen LogP contribution in [0.4, 0.5) is 10.3 Å². The van der Waals surface area contributed by atoms with E-state index in [9.17, 15) is 9.50 Å². The average molecular weight is 259 g/mol. The predicted octanol–water partition coefficient (Wildman–Crippen LogP) is 2.43. The van der Waals surface area contributed by atoms with Crippen molar-refractivity contribution in [3.05, 3.63) is 23.0 Å². The van der Waals surface area contributed by atoms with Gasteiger partial charge in [-0.25, -0.2) is 4.39 Å². The maximum Gasteiger partial charge on any atom is 0.222 e. The maximum atomic E-state index is 13.9. The number of hydrogen-bond acceptors (Lipinski definition) is 5. The van der Waals surface area contributed by atoms with Crippen molar-refractivity contribution in [2.45, 2.75) is 0 Å². The summed E-state index contributed by atoms with van der Waals surface area (Å²) in [6, 6.07) is 2.35. The van der Waals surface area contributed by atoms with Crippen molar-refractivity contribution in [1.29, 1.82) is 0 Å². The highest BCUT2D eigenvalue weighted by Gasteiger charge is 2.22. The number of benzene rings is 1. The fourth-order valence-electron chi connectivity index (χ4n) is 1.44. The average Bonchev–Trinajstić information content (AvgIpc) is 2.69. The molecule has 0 radical (unpaired) electrons. The lowest BCUT2D eigenvalue weighted by molar-refractivity contribution is 0.371. The summed E-state index contributed by atoms with van der Waals surface area (Å²) in [5.41, 5.74) is 5.34. The Morgan fingerprint density at radius 1 is 1.53 bits per heavy atom. The Balaban J connectivity index is 2.74. The molecule has 1 heterocycles. The lowest BCUT2D eigenvalue weighted by Crippen LogP contribution is -1.94. The number of rotatable bonds is 2. The van der Waals surface area contributed by atoms with E-state index in [1.54, 1.807) is 0 Å². The maximum absolute atomic E-state index is 13.9. The summed E-state index contributed by atoms with van der Waals surface area (Å²) in [5, 5.41) is 12.9. The van der Waals surface area contributed by atoms with Crippen LogP contribution in [0.25, 0.3) is 11.3 Å². The molecular formula is C10H8ClFN2O3. The van der Waals surface area contributed by atoms with E-state index in [1.807, 2.05) is 0 Å². The van der Waals surface area contributed by atoms with Gasteiger partial charge in [-0.3, -0.25) is 0 Å². The van der Waals surface area contributed by atoms with Crippen molar-refractivity contribution >= 4 is 17.5 Å². The van der Waals surface area contributed by atoms with Crippen LogP contribution in [0.15, 0.2) is 16.7 Å². The Kier molecular flexibility index (Phi) is 2.81. The first-order valence-corrected chi connectivity index (χ1v) is 4.90. The van der Waals surface area contributed by atoms with Gasteiger partial charge in [-0.1, -0.05) is 16.8 Å². The number of halogens is 2. The van der Waals surface area contributed by atoms with Crippen LogP contribution in [0.2, 0.25) is 5.02 Å². The third kappa shape index (κ3) is 1.87. The van der Waals surface area contributed by atoms with Gasteiger partial charge in [0.05, 0.1) is 17.7 Å². The lowest BCUT2D eigenvalue weighted by atomic mass is 10.1. The second-order valence-corrected chi connectivity index (χ2v) is 3.62. The highest BCUT2D eigenvalue weighted by atomic mass is 35.5. The molecule has 0 aliphatic heterocycles. The second-order valence-electron chi connectivity index (χ2n) is 3.21. The van der Waals surface area contributed by atoms with Crippen molar-refractivity contribution < 1.29 is 18.8 Å². The van der Waals surface area contributed by atoms with Crippen LogP contribution in [0, 0.1) is 5.82 Å². The molecule has 1 aromatic carbocycles. The molecule has 5 nitrogen and oxygen atoms in total. The number of hydrogen-bond donors (Lipinski definition) is 2. The number of aromatic hydroxyl groups is 1. The van der Waals surface area contributed by atoms with E-state index in [4.69, 9.17) is 22.1 Å². The van der Waals surface area contributed by atoms with E-state index in [-0.39, 0.29) is 33.7 Å². The first kappa shape index (κ1) is 11.5. The summed E-state index contributed by atoms with van der Waals surface area (Å²) in [6.07, 6.45) is 0. The molecule has 0 aliphatic carbocycles. The molecule has 3 N–H and O–H groups in total. The normalized spacial score (nSPS) is 10.5. The Morgan fingerprint density at radius 2 is 2.24 bits per heavy atom. The van der Waals surface area contributed by atoms with Crippen LogP contribution < -0.4 is 10.5 Å². The van der Waals surface area contributed by atoms with Gasteiger partial charge in [0.2, 0.25) is 5.88 Å². The Hall–Kier alpha value is -1.95. The molecule has 2 rings (SSSR count). The van der Waals surface area contributed by atoms with Gasteiger partial charge < -0.3 is 20.1 Å². The Bertz CT molecular complexity index is 571. The van der Waals surface area contributed by atoms with E-state index in [0.717, 1.165) is 6.07 Å². The van der Waals surface area contributed by atoms with Gasteiger partial charge in [0.1, 0.15) is 5.69 Å². The van der Waals surface area contributed by atoms with Crippen LogP contribution >= 0.6 is 11.6 Å². The standard InChI is InChI=1S/C10H8ClFN2O3/c1-16-10-6(15)2-4(11)9(12)8(10)5-3-7(13)17-14-5/h2-3,15H,13H2,1H3. The molecule has 7 heteroatoms. The zero-order valence-electron chi connectivity index (χ0n) is 8.70. The predicted molar refractivity (Wildman–Crippen MR) is 59.5 cm³/mol. The van der Waals surface area contributed by atoms with E-state index in [0.29, 0.717) is 0 Å². The smallest absolute Gasteiger partial charge is 0.222 e. The summed E-state index contributed by atoms with van der Waals surface area (Å²) < 4.78 is 23.4. The molecule has 0 saturated carbocycles. The first-order chi connectivity index (χ1) is 8.04. The topological polar surface area (TPSA) is 81.5 Å². The van der Waals surface area contributed by atoms with Crippen molar-refractivity contribution in [1.82, 2.24) is 5.16 Å². The van der Waals surface area contributed by atoms with E-state index in [1.165, 1.54) is 13.2 Å². The number of aromatic nitrogens is 1. The summed E-state index contributed by atoms with van der Waals surface area (Å²) in [4.78, 5) is 0. The Morgan fingerprint density at radius 3 is 2.76 bits per heavy atom. The van der Waals surface area contributed by atoms with Gasteiger partial charge in [-0.15, -0.1) is 0 Å². The monoisotopic (exact) mass is 258 g/mol. The zero-order chi connectivity index (χ0) is 12.6. The Labute approximate surface area is 101 Å². The van der Waals surface area contributed by atoms with Gasteiger partial charge in [0.25, 0.3) is 0 Å². The first-order valence-electron chi connectivity index (χ1n) is 4.52.